The number of ether oxygens (including phenoxy) is 2. The third-order valence-corrected chi connectivity index (χ3v) is 6.37. The molecule has 0 heterocycles. The lowest BCUT2D eigenvalue weighted by atomic mass is 10.4. The van der Waals surface area contributed by atoms with Crippen molar-refractivity contribution in [3.8, 4) is 0 Å². The van der Waals surface area contributed by atoms with E-state index in [4.69, 9.17) is 9.47 Å². The van der Waals surface area contributed by atoms with Gasteiger partial charge in [-0.25, -0.2) is 15.0 Å². The molecule has 7 nitrogen and oxygen atoms in total. The van der Waals surface area contributed by atoms with Gasteiger partial charge in [-0.15, -0.1) is 0 Å². The monoisotopic (exact) mass is 404 g/mol. The Bertz CT molecular complexity index is 797. The molecule has 0 fully saturated rings. The van der Waals surface area contributed by atoms with Gasteiger partial charge < -0.3 is 9.47 Å². The lowest BCUT2D eigenvalue weighted by molar-refractivity contribution is 0.0716. The quantitative estimate of drug-likeness (QED) is 0.605. The molecule has 0 aliphatic carbocycles. The summed E-state index contributed by atoms with van der Waals surface area (Å²) >= 11 is 0. The summed E-state index contributed by atoms with van der Waals surface area (Å²) in [4.78, 5) is 25.1. The van der Waals surface area contributed by atoms with Crippen molar-refractivity contribution < 1.29 is 23.6 Å². The Morgan fingerprint density at radius 1 is 0.821 bits per heavy atom. The molecule has 2 aromatic rings. The molecule has 0 unspecified atom stereocenters. The Morgan fingerprint density at radius 3 is 1.64 bits per heavy atom. The second kappa shape index (κ2) is 9.42. The number of hydrazine groups is 1. The van der Waals surface area contributed by atoms with E-state index in [9.17, 15) is 14.2 Å². The van der Waals surface area contributed by atoms with Crippen molar-refractivity contribution in [1.82, 2.24) is 10.2 Å². The van der Waals surface area contributed by atoms with Gasteiger partial charge in [-0.1, -0.05) is 36.4 Å². The van der Waals surface area contributed by atoms with E-state index in [1.807, 2.05) is 0 Å². The summed E-state index contributed by atoms with van der Waals surface area (Å²) in [5, 5.41) is 0.735. The first kappa shape index (κ1) is 21.5. The van der Waals surface area contributed by atoms with Crippen LogP contribution in [0.25, 0.3) is 0 Å². The minimum Gasteiger partial charge on any atom is -0.446 e. The smallest absolute Gasteiger partial charge is 0.435 e. The van der Waals surface area contributed by atoms with E-state index in [-0.39, 0.29) is 0 Å². The summed E-state index contributed by atoms with van der Waals surface area (Å²) in [7, 11) is -3.80. The van der Waals surface area contributed by atoms with Gasteiger partial charge in [0.25, 0.3) is 7.29 Å². The summed E-state index contributed by atoms with van der Waals surface area (Å²) in [6.45, 7) is 6.67. The standard InChI is InChI=1S/C20H25N2O5P/c1-15(2)26-19(23)21-22(20(24)27-16(3)4)28(25,17-11-7-5-8-12-17)18-13-9-6-10-14-18/h5-16H,1-4H3,(H,21,23). The summed E-state index contributed by atoms with van der Waals surface area (Å²) in [5.74, 6) is 0. The molecule has 0 bridgehead atoms. The number of hydrogen-bond donors (Lipinski definition) is 1. The maximum absolute atomic E-state index is 14.3. The van der Waals surface area contributed by atoms with E-state index in [1.165, 1.54) is 0 Å². The molecule has 0 aliphatic heterocycles. The lowest BCUT2D eigenvalue weighted by Crippen LogP contribution is -2.49. The molecule has 0 spiro atoms. The highest BCUT2D eigenvalue weighted by Gasteiger charge is 2.41. The van der Waals surface area contributed by atoms with Crippen LogP contribution < -0.4 is 16.0 Å². The fraction of sp³-hybridized carbons (Fsp3) is 0.300. The van der Waals surface area contributed by atoms with Gasteiger partial charge >= 0.3 is 12.2 Å². The van der Waals surface area contributed by atoms with E-state index in [2.05, 4.69) is 5.43 Å². The van der Waals surface area contributed by atoms with E-state index in [0.717, 1.165) is 4.78 Å². The average molecular weight is 404 g/mol. The van der Waals surface area contributed by atoms with Crippen LogP contribution in [0, 0.1) is 0 Å². The second-order valence-corrected chi connectivity index (χ2v) is 9.14. The first-order valence-corrected chi connectivity index (χ1v) is 10.6. The van der Waals surface area contributed by atoms with Gasteiger partial charge in [0.1, 0.15) is 0 Å². The molecule has 8 heteroatoms. The lowest BCUT2D eigenvalue weighted by Gasteiger charge is -2.31. The molecule has 0 saturated carbocycles. The maximum Gasteiger partial charge on any atom is 0.435 e. The molecule has 2 aromatic carbocycles. The predicted molar refractivity (Wildman–Crippen MR) is 108 cm³/mol. The highest BCUT2D eigenvalue weighted by atomic mass is 31.2. The minimum atomic E-state index is -3.80. The molecule has 0 radical (unpaired) electrons. The van der Waals surface area contributed by atoms with Crippen LogP contribution >= 0.6 is 7.29 Å². The number of carbonyl (C=O) groups excluding carboxylic acids is 2. The van der Waals surface area contributed by atoms with Crippen molar-refractivity contribution in [1.29, 1.82) is 0 Å². The fourth-order valence-electron chi connectivity index (χ4n) is 2.45. The highest BCUT2D eigenvalue weighted by Crippen LogP contribution is 2.46. The number of nitrogens with zero attached hydrogens (tertiary/aromatic N) is 1. The Balaban J connectivity index is 2.59. The maximum atomic E-state index is 14.3. The van der Waals surface area contributed by atoms with E-state index < -0.39 is 31.7 Å². The van der Waals surface area contributed by atoms with Crippen LogP contribution in [-0.2, 0) is 14.0 Å². The zero-order valence-corrected chi connectivity index (χ0v) is 17.3. The Hall–Kier alpha value is -2.79. The Kier molecular flexibility index (Phi) is 7.24. The molecule has 2 rings (SSSR count). The molecular formula is C20H25N2O5P. The van der Waals surface area contributed by atoms with E-state index >= 15 is 0 Å². The van der Waals surface area contributed by atoms with Crippen LogP contribution in [0.5, 0.6) is 0 Å². The van der Waals surface area contributed by atoms with Crippen LogP contribution in [-0.4, -0.2) is 29.2 Å². The molecule has 2 amide bonds. The van der Waals surface area contributed by atoms with Crippen molar-refractivity contribution >= 4 is 30.1 Å². The first-order valence-electron chi connectivity index (χ1n) is 8.95. The predicted octanol–water partition coefficient (Wildman–Crippen LogP) is 3.81. The normalized spacial score (nSPS) is 11.2. The molecule has 0 aliphatic rings. The fourth-order valence-corrected chi connectivity index (χ4v) is 4.86. The van der Waals surface area contributed by atoms with Crippen LogP contribution in [0.1, 0.15) is 27.7 Å². The zero-order valence-electron chi connectivity index (χ0n) is 16.4. The number of carbonyl (C=O) groups is 2. The van der Waals surface area contributed by atoms with Gasteiger partial charge in [0.05, 0.1) is 12.2 Å². The van der Waals surface area contributed by atoms with Crippen LogP contribution in [0.2, 0.25) is 0 Å². The van der Waals surface area contributed by atoms with Gasteiger partial charge in [-0.2, -0.15) is 4.78 Å². The molecular weight excluding hydrogens is 379 g/mol. The van der Waals surface area contributed by atoms with Gasteiger partial charge in [0.15, 0.2) is 0 Å². The number of nitrogens with one attached hydrogen (secondary N) is 1. The van der Waals surface area contributed by atoms with E-state index in [0.29, 0.717) is 10.6 Å². The number of rotatable bonds is 5. The highest BCUT2D eigenvalue weighted by molar-refractivity contribution is 7.77. The molecule has 0 saturated heterocycles. The van der Waals surface area contributed by atoms with Crippen LogP contribution in [0.4, 0.5) is 9.59 Å². The number of amides is 2. The van der Waals surface area contributed by atoms with Gasteiger partial charge in [0.2, 0.25) is 0 Å². The first-order chi connectivity index (χ1) is 13.2. The van der Waals surface area contributed by atoms with Crippen molar-refractivity contribution in [2.45, 2.75) is 39.9 Å². The minimum absolute atomic E-state index is 0.367. The van der Waals surface area contributed by atoms with Crippen molar-refractivity contribution in [2.24, 2.45) is 0 Å². The molecule has 0 aromatic heterocycles. The zero-order chi connectivity index (χ0) is 20.7. The van der Waals surface area contributed by atoms with Crippen LogP contribution in [0.15, 0.2) is 60.7 Å². The number of benzene rings is 2. The number of hydrogen-bond acceptors (Lipinski definition) is 5. The molecule has 28 heavy (non-hydrogen) atoms. The summed E-state index contributed by atoms with van der Waals surface area (Å²) < 4.78 is 25.4. The Morgan fingerprint density at radius 2 is 1.25 bits per heavy atom. The largest absolute Gasteiger partial charge is 0.446 e. The molecule has 150 valence electrons. The Labute approximate surface area is 165 Å². The second-order valence-electron chi connectivity index (χ2n) is 6.56. The SMILES string of the molecule is CC(C)OC(=O)NN(C(=O)OC(C)C)P(=O)(c1ccccc1)c1ccccc1. The third-order valence-electron chi connectivity index (χ3n) is 3.54. The molecule has 1 N–H and O–H groups in total. The van der Waals surface area contributed by atoms with Gasteiger partial charge in [-0.3, -0.25) is 4.57 Å². The van der Waals surface area contributed by atoms with E-state index in [1.54, 1.807) is 88.4 Å². The van der Waals surface area contributed by atoms with Crippen molar-refractivity contribution in [3.63, 3.8) is 0 Å². The van der Waals surface area contributed by atoms with Gasteiger partial charge in [0, 0.05) is 10.6 Å². The van der Waals surface area contributed by atoms with Crippen LogP contribution in [0.3, 0.4) is 0 Å². The topological polar surface area (TPSA) is 84.9 Å². The van der Waals surface area contributed by atoms with Crippen molar-refractivity contribution in [2.75, 3.05) is 0 Å². The summed E-state index contributed by atoms with van der Waals surface area (Å²) in [5.41, 5.74) is 2.33. The van der Waals surface area contributed by atoms with Gasteiger partial charge in [-0.05, 0) is 52.0 Å². The van der Waals surface area contributed by atoms with Crippen molar-refractivity contribution in [3.05, 3.63) is 60.7 Å². The molecule has 0 atom stereocenters. The summed E-state index contributed by atoms with van der Waals surface area (Å²) in [6, 6.07) is 16.9. The average Bonchev–Trinajstić information content (AvgIpc) is 2.65. The third kappa shape index (κ3) is 5.14. The summed E-state index contributed by atoms with van der Waals surface area (Å²) in [6.07, 6.45) is -2.73.